The molecule has 1 nitrogen and oxygen atoms in total. The van der Waals surface area contributed by atoms with Gasteiger partial charge in [0.25, 0.3) is 0 Å². The second kappa shape index (κ2) is 5.92. The van der Waals surface area contributed by atoms with Crippen LogP contribution in [0.25, 0.3) is 291 Å². The van der Waals surface area contributed by atoms with Crippen LogP contribution in [0.2, 0.25) is 0 Å². The molecule has 29 aromatic rings. The van der Waals surface area contributed by atoms with Crippen molar-refractivity contribution in [2.24, 2.45) is 0 Å². The average Bonchev–Trinajstić information content (AvgIpc) is 4.24. The van der Waals surface area contributed by atoms with E-state index in [1.165, 1.54) is 5.56 Å². The summed E-state index contributed by atoms with van der Waals surface area (Å²) >= 11 is 0. The van der Waals surface area contributed by atoms with E-state index in [9.17, 15) is 0 Å². The van der Waals surface area contributed by atoms with E-state index in [1.54, 1.807) is 313 Å². The molecule has 0 radical (unpaired) electrons. The highest BCUT2D eigenvalue weighted by atomic mass is 15.1. The fraction of sp³-hybridized carbons (Fsp3) is 0.0857. The van der Waals surface area contributed by atoms with Gasteiger partial charge in [0.05, 0.1) is 10.8 Å². The van der Waals surface area contributed by atoms with Crippen LogP contribution in [0.4, 0.5) is 0 Å². The fourth-order valence-corrected chi connectivity index (χ4v) is 26.5. The molecule has 34 rings (SSSR count). The molecule has 0 aromatic heterocycles. The molecule has 1 saturated heterocycles. The molecule has 0 amide bonds. The van der Waals surface area contributed by atoms with Gasteiger partial charge in [-0.25, -0.2) is 0 Å². The molecular formula is C70H13N. The zero-order valence-corrected chi connectivity index (χ0v) is 37.0. The molecule has 298 valence electrons. The Bertz CT molecular complexity index is 7230. The van der Waals surface area contributed by atoms with Crippen LogP contribution in [0.3, 0.4) is 0 Å². The first-order valence-electron chi connectivity index (χ1n) is 26.8. The van der Waals surface area contributed by atoms with E-state index in [0.29, 0.717) is 0 Å². The fourth-order valence-electron chi connectivity index (χ4n) is 26.5. The summed E-state index contributed by atoms with van der Waals surface area (Å²) < 4.78 is 0. The summed E-state index contributed by atoms with van der Waals surface area (Å²) in [6, 6.07) is 12.1. The molecule has 5 aliphatic rings. The second-order valence-corrected chi connectivity index (χ2v) is 26.9. The topological polar surface area (TPSA) is 12.0 Å². The summed E-state index contributed by atoms with van der Waals surface area (Å²) in [5, 5.41) is 94.9. The number of hydrogen-bond acceptors (Lipinski definition) is 1. The monoisotopic (exact) mass is 867 g/mol. The molecule has 0 saturated carbocycles. The van der Waals surface area contributed by atoms with Crippen molar-refractivity contribution in [3.8, 4) is 0 Å². The SMILES string of the molecule is CC1(C)NC(c2ccccc2)C23c4c5c6c7c8c9c(c%10c%11c2c2c4c4c%12c5c5c6c6c8c8c%13c9c9c%10c%10c%11c%11c2c2c4c4c%12c%12c5c5c6c8c6c8c%13c9c9c%10c%10c%11c2c2c4c4c%12c5c6c5c8c9c%10c2c45)C713. The van der Waals surface area contributed by atoms with Crippen molar-refractivity contribution >= 4 is 291 Å². The molecule has 1 aliphatic heterocycles. The molecule has 1 unspecified atom stereocenters. The summed E-state index contributed by atoms with van der Waals surface area (Å²) in [7, 11) is 0. The highest BCUT2D eigenvalue weighted by Gasteiger charge is 2.79. The molecule has 1 N–H and O–H groups in total. The minimum Gasteiger partial charge on any atom is -0.303 e. The molecule has 71 heavy (non-hydrogen) atoms. The van der Waals surface area contributed by atoms with Gasteiger partial charge in [-0.05, 0) is 333 Å². The zero-order chi connectivity index (χ0) is 42.4. The van der Waals surface area contributed by atoms with Crippen molar-refractivity contribution < 1.29 is 0 Å². The Morgan fingerprint density at radius 3 is 0.634 bits per heavy atom. The minimum absolute atomic E-state index is 0.0921. The minimum atomic E-state index is -0.358. The van der Waals surface area contributed by atoms with E-state index in [0.717, 1.165) is 0 Å². The summed E-state index contributed by atoms with van der Waals surface area (Å²) in [5.41, 5.74) is 7.48. The van der Waals surface area contributed by atoms with Crippen LogP contribution in [0.5, 0.6) is 0 Å². The maximum atomic E-state index is 4.83. The van der Waals surface area contributed by atoms with Crippen molar-refractivity contribution in [1.82, 2.24) is 5.32 Å². The maximum absolute atomic E-state index is 4.83. The Morgan fingerprint density at radius 2 is 0.423 bits per heavy atom. The van der Waals surface area contributed by atoms with E-state index < -0.39 is 0 Å². The van der Waals surface area contributed by atoms with Crippen LogP contribution in [-0.4, -0.2) is 5.54 Å². The van der Waals surface area contributed by atoms with Crippen LogP contribution in [0.15, 0.2) is 30.3 Å². The van der Waals surface area contributed by atoms with Crippen LogP contribution >= 0.6 is 0 Å². The van der Waals surface area contributed by atoms with Gasteiger partial charge in [0.2, 0.25) is 0 Å². The number of rotatable bonds is 1. The normalized spacial score (nSPS) is 24.2. The quantitative estimate of drug-likeness (QED) is 0.162. The Kier molecular flexibility index (Phi) is 2.22. The lowest BCUT2D eigenvalue weighted by atomic mass is 9.44. The van der Waals surface area contributed by atoms with E-state index >= 15 is 0 Å². The van der Waals surface area contributed by atoms with Gasteiger partial charge in [0, 0.05) is 11.6 Å². The Hall–Kier alpha value is -8.36. The van der Waals surface area contributed by atoms with Gasteiger partial charge in [-0.1, -0.05) is 30.3 Å². The molecule has 0 bridgehead atoms. The Balaban J connectivity index is 1.19. The Labute approximate surface area is 388 Å². The third-order valence-electron chi connectivity index (χ3n) is 26.4. The lowest BCUT2D eigenvalue weighted by molar-refractivity contribution is 0.273. The molecule has 2 spiro atoms. The predicted molar refractivity (Wildman–Crippen MR) is 300 cm³/mol. The molecule has 29 aromatic carbocycles. The first-order valence-corrected chi connectivity index (χ1v) is 26.8. The summed E-state index contributed by atoms with van der Waals surface area (Å²) in [5.74, 6) is 0. The second-order valence-electron chi connectivity index (χ2n) is 26.9. The molecule has 1 heterocycles. The molecule has 1 atom stereocenters. The first kappa shape index (κ1) is 26.6. The molecule has 4 aliphatic carbocycles. The first-order chi connectivity index (χ1) is 35.2. The third kappa shape index (κ3) is 1.39. The largest absolute Gasteiger partial charge is 0.303 e. The van der Waals surface area contributed by atoms with Gasteiger partial charge in [0.1, 0.15) is 0 Å². The maximum Gasteiger partial charge on any atom is 0.0578 e. The third-order valence-corrected chi connectivity index (χ3v) is 26.4. The van der Waals surface area contributed by atoms with Crippen LogP contribution in [0, 0.1) is 0 Å². The summed E-state index contributed by atoms with van der Waals surface area (Å²) in [6.45, 7) is 5.42. The number of benzene rings is 19. The van der Waals surface area contributed by atoms with Crippen molar-refractivity contribution in [1.29, 1.82) is 0 Å². The van der Waals surface area contributed by atoms with Gasteiger partial charge >= 0.3 is 0 Å². The van der Waals surface area contributed by atoms with E-state index in [-0.39, 0.29) is 22.4 Å². The van der Waals surface area contributed by atoms with Gasteiger partial charge in [0.15, 0.2) is 0 Å². The van der Waals surface area contributed by atoms with E-state index in [2.05, 4.69) is 44.2 Å². The predicted octanol–water partition coefficient (Wildman–Crippen LogP) is 18.4. The van der Waals surface area contributed by atoms with Gasteiger partial charge < -0.3 is 5.32 Å². The van der Waals surface area contributed by atoms with Crippen molar-refractivity contribution in [2.45, 2.75) is 36.3 Å². The summed E-state index contributed by atoms with van der Waals surface area (Å²) in [6.07, 6.45) is 0. The summed E-state index contributed by atoms with van der Waals surface area (Å²) in [4.78, 5) is 0. The van der Waals surface area contributed by atoms with E-state index in [4.69, 9.17) is 5.32 Å². The lowest BCUT2D eigenvalue weighted by Gasteiger charge is -2.55. The van der Waals surface area contributed by atoms with Gasteiger partial charge in [-0.15, -0.1) is 0 Å². The van der Waals surface area contributed by atoms with Crippen LogP contribution in [0.1, 0.15) is 47.7 Å². The Morgan fingerprint density at radius 1 is 0.239 bits per heavy atom. The molecular weight excluding hydrogens is 855 g/mol. The highest BCUT2D eigenvalue weighted by molar-refractivity contribution is 6.82. The van der Waals surface area contributed by atoms with Crippen LogP contribution in [-0.2, 0) is 10.8 Å². The zero-order valence-electron chi connectivity index (χ0n) is 37.0. The van der Waals surface area contributed by atoms with Crippen molar-refractivity contribution in [3.05, 3.63) is 58.1 Å². The number of nitrogens with one attached hydrogen (secondary N) is 1. The molecule has 1 fully saturated rings. The average molecular weight is 868 g/mol. The van der Waals surface area contributed by atoms with Crippen molar-refractivity contribution in [3.63, 3.8) is 0 Å². The lowest BCUT2D eigenvalue weighted by Crippen LogP contribution is -2.59. The van der Waals surface area contributed by atoms with Crippen LogP contribution < -0.4 is 5.32 Å². The van der Waals surface area contributed by atoms with E-state index in [1.807, 2.05) is 0 Å². The number of hydrogen-bond donors (Lipinski definition) is 1. The highest BCUT2D eigenvalue weighted by Crippen LogP contribution is 2.88. The van der Waals surface area contributed by atoms with Crippen molar-refractivity contribution in [2.75, 3.05) is 0 Å². The van der Waals surface area contributed by atoms with Gasteiger partial charge in [-0.2, -0.15) is 0 Å². The van der Waals surface area contributed by atoms with Gasteiger partial charge in [-0.3, -0.25) is 0 Å². The smallest absolute Gasteiger partial charge is 0.0578 e. The molecule has 1 heteroatoms. The standard InChI is InChI=1S/C70H13N/c1-68(2)70-65-59-53-43-31-23-15-11-9-10-13-17(15)25(31)35-29-21(13)22-14(10)18-16-12(9)20-19(11)27-33(23)41-47-37(27)38-28(20)34-24(16)32-26(18)36-30(22)40-39(29)51(45(35)53)61(65)62-52(40)46(36)54-44(32)50-42(34)48(38)56-55(47)63(57(59)49(41)43)69(70,64(56)58(50)60(54)66(62)70)67(71-68)8-6-4-3-5-7-8/h3-7,67,71H,1-2H3.